The number of nitrogens with zero attached hydrogens (tertiary/aromatic N) is 1. The van der Waals surface area contributed by atoms with Crippen LogP contribution < -0.4 is 0 Å². The third-order valence-corrected chi connectivity index (χ3v) is 16.1. The zero-order chi connectivity index (χ0) is 34.1. The first-order valence-corrected chi connectivity index (χ1v) is 19.8. The van der Waals surface area contributed by atoms with Gasteiger partial charge in [0.2, 0.25) is 0 Å². The quantitative estimate of drug-likeness (QED) is 0.291. The van der Waals surface area contributed by atoms with Crippen LogP contribution in [0.1, 0.15) is 135 Å². The van der Waals surface area contributed by atoms with E-state index < -0.39 is 17.3 Å². The summed E-state index contributed by atoms with van der Waals surface area (Å²) in [6, 6.07) is 2.39. The lowest BCUT2D eigenvalue weighted by molar-refractivity contribution is -0.207. The monoisotopic (exact) mass is 669 g/mol. The van der Waals surface area contributed by atoms with Gasteiger partial charge in [0, 0.05) is 33.4 Å². The number of hydrogen-bond donors (Lipinski definition) is 2. The molecule has 1 saturated heterocycles. The number of aliphatic hydroxyl groups excluding tert-OH is 1. The number of thioether (sulfide) groups is 1. The summed E-state index contributed by atoms with van der Waals surface area (Å²) in [5.41, 5.74) is 8.27. The summed E-state index contributed by atoms with van der Waals surface area (Å²) >= 11 is 1.98. The molecular formula is C42H55NO4S. The van der Waals surface area contributed by atoms with Gasteiger partial charge in [0.1, 0.15) is 11.2 Å². The largest absolute Gasteiger partial charge is 0.505 e. The number of aromatic nitrogens is 1. The van der Waals surface area contributed by atoms with E-state index >= 15 is 0 Å². The third-order valence-electron chi connectivity index (χ3n) is 15.1. The molecule has 3 aromatic rings. The maximum atomic E-state index is 12.3. The smallest absolute Gasteiger partial charge is 0.149 e. The minimum absolute atomic E-state index is 0.0661. The molecule has 9 rings (SSSR count). The topological polar surface area (TPSA) is 63.3 Å². The van der Waals surface area contributed by atoms with Crippen LogP contribution in [0.25, 0.3) is 27.4 Å². The molecule has 6 heteroatoms. The van der Waals surface area contributed by atoms with Crippen LogP contribution in [0.4, 0.5) is 0 Å². The number of aromatic hydroxyl groups is 1. The molecular weight excluding hydrogens is 615 g/mol. The van der Waals surface area contributed by atoms with Gasteiger partial charge in [-0.15, -0.1) is 11.8 Å². The lowest BCUT2D eigenvalue weighted by Gasteiger charge is -2.66. The van der Waals surface area contributed by atoms with E-state index in [0.717, 1.165) is 70.3 Å². The van der Waals surface area contributed by atoms with E-state index in [4.69, 9.17) is 9.47 Å². The zero-order valence-electron chi connectivity index (χ0n) is 30.5. The van der Waals surface area contributed by atoms with Crippen molar-refractivity contribution in [3.63, 3.8) is 0 Å². The standard InChI is InChI=1S/C42H55NO4S/c1-11-48-29-15-16-40(8)27-13-12-22-18-25-24-19-23-26-20-38(4,5)47-39(6,7)32(26)35(44)30(23)31-34(24)43(33(21(2)3)36(31)45)37(25)42(22,10)41(27,9)17-14-28(40)46-29/h19-20,22,27-29,32,35,44-45H,2,11-18H2,1,3-10H3/t22?,27?,28-,29-,32?,35+,40-,41-,42?/m0/s1. The summed E-state index contributed by atoms with van der Waals surface area (Å²) in [5, 5.41) is 26.6. The minimum atomic E-state index is -0.766. The first-order chi connectivity index (χ1) is 22.5. The highest BCUT2D eigenvalue weighted by atomic mass is 32.2. The first kappa shape index (κ1) is 32.0. The van der Waals surface area contributed by atoms with Crippen molar-refractivity contribution in [1.29, 1.82) is 0 Å². The number of benzene rings is 1. The second-order valence-electron chi connectivity index (χ2n) is 18.3. The molecule has 5 nitrogen and oxygen atoms in total. The van der Waals surface area contributed by atoms with Crippen molar-refractivity contribution in [3.05, 3.63) is 46.8 Å². The number of fused-ring (bicyclic) bond motifs is 13. The molecule has 2 aromatic heterocycles. The van der Waals surface area contributed by atoms with Crippen molar-refractivity contribution < 1.29 is 19.7 Å². The maximum Gasteiger partial charge on any atom is 0.149 e. The number of rotatable bonds is 3. The minimum Gasteiger partial charge on any atom is -0.505 e. The van der Waals surface area contributed by atoms with Crippen LogP contribution >= 0.6 is 11.8 Å². The summed E-state index contributed by atoms with van der Waals surface area (Å²) in [7, 11) is 0. The Labute approximate surface area is 290 Å². The van der Waals surface area contributed by atoms with Gasteiger partial charge < -0.3 is 24.1 Å². The second kappa shape index (κ2) is 9.66. The van der Waals surface area contributed by atoms with E-state index in [2.05, 4.69) is 78.5 Å². The number of allylic oxidation sites excluding steroid dienone is 1. The average molecular weight is 670 g/mol. The van der Waals surface area contributed by atoms with Crippen LogP contribution in [0.5, 0.6) is 5.75 Å². The van der Waals surface area contributed by atoms with Crippen LogP contribution in [0.15, 0.2) is 18.7 Å². The van der Waals surface area contributed by atoms with Gasteiger partial charge in [-0.2, -0.15) is 0 Å². The molecule has 0 radical (unpaired) electrons. The van der Waals surface area contributed by atoms with E-state index in [9.17, 15) is 10.2 Å². The zero-order valence-corrected chi connectivity index (χ0v) is 31.4. The van der Waals surface area contributed by atoms with Gasteiger partial charge in [-0.25, -0.2) is 0 Å². The lowest BCUT2D eigenvalue weighted by atomic mass is 9.40. The second-order valence-corrected chi connectivity index (χ2v) is 19.8. The van der Waals surface area contributed by atoms with Crippen molar-refractivity contribution in [3.8, 4) is 5.75 Å². The van der Waals surface area contributed by atoms with Gasteiger partial charge in [-0.05, 0) is 142 Å². The fourth-order valence-electron chi connectivity index (χ4n) is 13.3. The lowest BCUT2D eigenvalue weighted by Crippen LogP contribution is -2.64. The summed E-state index contributed by atoms with van der Waals surface area (Å²) in [6.45, 7) is 25.0. The molecule has 0 amide bonds. The number of ether oxygens (including phenoxy) is 2. The molecule has 0 spiro atoms. The van der Waals surface area contributed by atoms with Gasteiger partial charge >= 0.3 is 0 Å². The summed E-state index contributed by atoms with van der Waals surface area (Å²) in [5.74, 6) is 2.31. The highest BCUT2D eigenvalue weighted by Crippen LogP contribution is 2.72. The number of hydrogen-bond acceptors (Lipinski definition) is 5. The van der Waals surface area contributed by atoms with Gasteiger partial charge in [-0.3, -0.25) is 0 Å². The first-order valence-electron chi connectivity index (χ1n) is 18.7. The van der Waals surface area contributed by atoms with E-state index in [1.165, 1.54) is 35.9 Å². The van der Waals surface area contributed by atoms with Gasteiger partial charge in [0.25, 0.3) is 0 Å². The Kier molecular flexibility index (Phi) is 6.43. The molecule has 2 saturated carbocycles. The Balaban J connectivity index is 1.28. The molecule has 2 aliphatic heterocycles. The highest BCUT2D eigenvalue weighted by Gasteiger charge is 2.68. The average Bonchev–Trinajstić information content (AvgIpc) is 3.66. The van der Waals surface area contributed by atoms with E-state index in [0.29, 0.717) is 23.4 Å². The predicted octanol–water partition coefficient (Wildman–Crippen LogP) is 9.81. The fourth-order valence-corrected chi connectivity index (χ4v) is 14.2. The summed E-state index contributed by atoms with van der Waals surface area (Å²) in [4.78, 5) is 0. The van der Waals surface area contributed by atoms with Crippen LogP contribution in [0.2, 0.25) is 0 Å². The van der Waals surface area contributed by atoms with Gasteiger partial charge in [-0.1, -0.05) is 34.3 Å². The summed E-state index contributed by atoms with van der Waals surface area (Å²) < 4.78 is 15.9. The predicted molar refractivity (Wildman–Crippen MR) is 197 cm³/mol. The van der Waals surface area contributed by atoms with E-state index in [1.54, 1.807) is 0 Å². The SMILES string of the molecule is C=C(C)c1c(O)c2c3c(cc4c5c(n1c42)C1(C)C(CCC2[C@]4(C)CC[C@H](SCC)O[C@H]4CC[C@@]21C)C5)C1=CC(C)(C)OC(C)(C)C1[C@@H]3O. The molecule has 4 heterocycles. The van der Waals surface area contributed by atoms with E-state index in [1.807, 2.05) is 18.7 Å². The fraction of sp³-hybridized carbons (Fsp3) is 0.667. The molecule has 2 N–H and O–H groups in total. The Morgan fingerprint density at radius 1 is 1.06 bits per heavy atom. The molecule has 1 aromatic carbocycles. The van der Waals surface area contributed by atoms with Crippen LogP contribution in [-0.4, -0.2) is 43.1 Å². The molecule has 48 heavy (non-hydrogen) atoms. The Bertz CT molecular complexity index is 1930. The van der Waals surface area contributed by atoms with Crippen molar-refractivity contribution in [2.75, 3.05) is 5.75 Å². The maximum absolute atomic E-state index is 12.3. The van der Waals surface area contributed by atoms with Crippen molar-refractivity contribution in [1.82, 2.24) is 4.40 Å². The van der Waals surface area contributed by atoms with Gasteiger partial charge in [0.15, 0.2) is 0 Å². The van der Waals surface area contributed by atoms with Gasteiger partial charge in [0.05, 0.1) is 34.6 Å². The van der Waals surface area contributed by atoms with Crippen molar-refractivity contribution in [2.45, 2.75) is 142 Å². The molecule has 258 valence electrons. The molecule has 4 aliphatic carbocycles. The van der Waals surface area contributed by atoms with Crippen molar-refractivity contribution in [2.24, 2.45) is 28.6 Å². The number of aliphatic hydroxyl groups is 1. The molecule has 0 bridgehead atoms. The Morgan fingerprint density at radius 3 is 2.52 bits per heavy atom. The molecule has 6 aliphatic rings. The Hall–Kier alpha value is -1.99. The molecule has 3 fully saturated rings. The van der Waals surface area contributed by atoms with Crippen LogP contribution in [0, 0.1) is 28.6 Å². The third kappa shape index (κ3) is 3.62. The van der Waals surface area contributed by atoms with Crippen molar-refractivity contribution >= 4 is 39.2 Å². The molecule has 9 atom stereocenters. The molecule has 4 unspecified atom stereocenters. The Morgan fingerprint density at radius 2 is 1.81 bits per heavy atom. The highest BCUT2D eigenvalue weighted by molar-refractivity contribution is 7.99. The summed E-state index contributed by atoms with van der Waals surface area (Å²) in [6.07, 6.45) is 10.0. The van der Waals surface area contributed by atoms with Crippen LogP contribution in [-0.2, 0) is 21.3 Å². The van der Waals surface area contributed by atoms with E-state index in [-0.39, 0.29) is 27.9 Å². The van der Waals surface area contributed by atoms with Crippen LogP contribution in [0.3, 0.4) is 0 Å². The normalized spacial score (nSPS) is 40.6.